The second-order valence-electron chi connectivity index (χ2n) is 3.03. The maximum atomic E-state index is 12.4. The number of aldehydes is 1. The molecule has 0 radical (unpaired) electrons. The van der Waals surface area contributed by atoms with Gasteiger partial charge in [0.05, 0.1) is 5.56 Å². The molecule has 3 nitrogen and oxygen atoms in total. The van der Waals surface area contributed by atoms with Crippen LogP contribution < -0.4 is 5.56 Å². The summed E-state index contributed by atoms with van der Waals surface area (Å²) in [6, 6.07) is 0.499. The van der Waals surface area contributed by atoms with Crippen molar-refractivity contribution in [3.05, 3.63) is 33.7 Å². The number of alkyl halides is 3. The Morgan fingerprint density at radius 1 is 1.47 bits per heavy atom. The summed E-state index contributed by atoms with van der Waals surface area (Å²) in [5, 5.41) is 0. The number of aryl methyl sites for hydroxylation is 1. The Kier molecular flexibility index (Phi) is 2.97. The van der Waals surface area contributed by atoms with Crippen LogP contribution in [0.4, 0.5) is 13.2 Å². The summed E-state index contributed by atoms with van der Waals surface area (Å²) in [6.07, 6.45) is -3.57. The van der Waals surface area contributed by atoms with Gasteiger partial charge >= 0.3 is 6.18 Å². The van der Waals surface area contributed by atoms with Crippen molar-refractivity contribution in [2.75, 3.05) is 0 Å². The summed E-state index contributed by atoms with van der Waals surface area (Å²) in [5.41, 5.74) is -1.99. The normalized spacial score (nSPS) is 11.5. The van der Waals surface area contributed by atoms with Crippen LogP contribution in [0.15, 0.2) is 17.1 Å². The summed E-state index contributed by atoms with van der Waals surface area (Å²) in [4.78, 5) is 21.2. The fraction of sp³-hybridized carbons (Fsp3) is 0.333. The van der Waals surface area contributed by atoms with E-state index in [1.807, 2.05) is 0 Å². The second kappa shape index (κ2) is 3.88. The zero-order valence-corrected chi connectivity index (χ0v) is 7.84. The first-order chi connectivity index (χ1) is 6.86. The third kappa shape index (κ3) is 2.45. The number of rotatable bonds is 2. The molecule has 0 unspecified atom stereocenters. The van der Waals surface area contributed by atoms with Crippen molar-refractivity contribution in [1.29, 1.82) is 0 Å². The predicted octanol–water partition coefficient (Wildman–Crippen LogP) is 1.15. The minimum absolute atomic E-state index is 0.195. The van der Waals surface area contributed by atoms with Gasteiger partial charge in [-0.25, -0.2) is 0 Å². The van der Waals surface area contributed by atoms with Crippen LogP contribution in [0.3, 0.4) is 0 Å². The molecule has 0 bridgehead atoms. The molecule has 0 aliphatic carbocycles. The van der Waals surface area contributed by atoms with Crippen molar-refractivity contribution < 1.29 is 18.0 Å². The predicted molar refractivity (Wildman–Crippen MR) is 46.5 cm³/mol. The summed E-state index contributed by atoms with van der Waals surface area (Å²) in [5.74, 6) is 0. The molecule has 15 heavy (non-hydrogen) atoms. The summed E-state index contributed by atoms with van der Waals surface area (Å²) >= 11 is 0. The molecule has 0 N–H and O–H groups in total. The molecule has 1 heterocycles. The van der Waals surface area contributed by atoms with Gasteiger partial charge in [-0.2, -0.15) is 13.2 Å². The minimum Gasteiger partial charge on any atom is -0.318 e. The van der Waals surface area contributed by atoms with Gasteiger partial charge in [-0.3, -0.25) is 4.79 Å². The highest BCUT2D eigenvalue weighted by molar-refractivity contribution is 5.56. The number of carbonyl (C=O) groups excluding carboxylic acids is 1. The quantitative estimate of drug-likeness (QED) is 0.700. The largest absolute Gasteiger partial charge is 0.416 e. The number of hydrogen-bond donors (Lipinski definition) is 0. The highest BCUT2D eigenvalue weighted by atomic mass is 19.4. The average molecular weight is 219 g/mol. The maximum absolute atomic E-state index is 12.4. The summed E-state index contributed by atoms with van der Waals surface area (Å²) in [6.45, 7) is 0. The highest BCUT2D eigenvalue weighted by Crippen LogP contribution is 2.30. The number of aromatic nitrogens is 1. The van der Waals surface area contributed by atoms with E-state index in [-0.39, 0.29) is 12.0 Å². The summed E-state index contributed by atoms with van der Waals surface area (Å²) in [7, 11) is 1.33. The van der Waals surface area contributed by atoms with Gasteiger partial charge in [-0.15, -0.1) is 0 Å². The molecule has 0 saturated carbocycles. The number of hydrogen-bond acceptors (Lipinski definition) is 2. The smallest absolute Gasteiger partial charge is 0.318 e. The Morgan fingerprint density at radius 3 is 2.53 bits per heavy atom. The van der Waals surface area contributed by atoms with Crippen LogP contribution in [0.25, 0.3) is 0 Å². The Morgan fingerprint density at radius 2 is 2.07 bits per heavy atom. The zero-order valence-electron chi connectivity index (χ0n) is 7.84. The third-order valence-corrected chi connectivity index (χ3v) is 1.92. The number of nitrogens with zero attached hydrogens (tertiary/aromatic N) is 1. The molecule has 6 heteroatoms. The van der Waals surface area contributed by atoms with Crippen LogP contribution >= 0.6 is 0 Å². The van der Waals surface area contributed by atoms with Gasteiger partial charge in [0.25, 0.3) is 5.56 Å². The van der Waals surface area contributed by atoms with E-state index in [1.54, 1.807) is 0 Å². The SMILES string of the molecule is Cn1cc(CC=O)c(C(F)(F)F)cc1=O. The average Bonchev–Trinajstić information content (AvgIpc) is 2.09. The van der Waals surface area contributed by atoms with Gasteiger partial charge in [0.15, 0.2) is 0 Å². The van der Waals surface area contributed by atoms with Gasteiger partial charge in [-0.1, -0.05) is 0 Å². The highest BCUT2D eigenvalue weighted by Gasteiger charge is 2.33. The van der Waals surface area contributed by atoms with Gasteiger partial charge in [-0.05, 0) is 5.56 Å². The number of pyridine rings is 1. The van der Waals surface area contributed by atoms with Crippen molar-refractivity contribution in [2.45, 2.75) is 12.6 Å². The fourth-order valence-electron chi connectivity index (χ4n) is 1.20. The first-order valence-corrected chi connectivity index (χ1v) is 4.06. The van der Waals surface area contributed by atoms with E-state index in [1.165, 1.54) is 7.05 Å². The van der Waals surface area contributed by atoms with E-state index in [0.29, 0.717) is 12.4 Å². The minimum atomic E-state index is -4.61. The van der Waals surface area contributed by atoms with Crippen LogP contribution in [0.1, 0.15) is 11.1 Å². The Hall–Kier alpha value is -1.59. The van der Waals surface area contributed by atoms with Crippen molar-refractivity contribution in [2.24, 2.45) is 7.05 Å². The Balaban J connectivity index is 3.41. The van der Waals surface area contributed by atoms with E-state index < -0.39 is 17.3 Å². The van der Waals surface area contributed by atoms with Gasteiger partial charge < -0.3 is 9.36 Å². The molecule has 82 valence electrons. The molecule has 0 aliphatic rings. The van der Waals surface area contributed by atoms with Crippen LogP contribution in [0, 0.1) is 0 Å². The van der Waals surface area contributed by atoms with Crippen molar-refractivity contribution >= 4 is 6.29 Å². The van der Waals surface area contributed by atoms with E-state index in [2.05, 4.69) is 0 Å². The topological polar surface area (TPSA) is 39.1 Å². The van der Waals surface area contributed by atoms with Crippen LogP contribution in [0.2, 0.25) is 0 Å². The van der Waals surface area contributed by atoms with Crippen molar-refractivity contribution in [1.82, 2.24) is 4.57 Å². The molecule has 1 aromatic heterocycles. The first kappa shape index (κ1) is 11.5. The first-order valence-electron chi connectivity index (χ1n) is 4.06. The van der Waals surface area contributed by atoms with E-state index in [4.69, 9.17) is 0 Å². The molecule has 0 saturated heterocycles. The molecule has 1 aromatic rings. The maximum Gasteiger partial charge on any atom is 0.416 e. The molecule has 0 aromatic carbocycles. The second-order valence-corrected chi connectivity index (χ2v) is 3.03. The molecule has 0 aliphatic heterocycles. The van der Waals surface area contributed by atoms with Crippen molar-refractivity contribution in [3.8, 4) is 0 Å². The van der Waals surface area contributed by atoms with Crippen LogP contribution in [0.5, 0.6) is 0 Å². The van der Waals surface area contributed by atoms with E-state index in [0.717, 1.165) is 10.8 Å². The van der Waals surface area contributed by atoms with E-state index in [9.17, 15) is 22.8 Å². The third-order valence-electron chi connectivity index (χ3n) is 1.92. The number of halogens is 3. The molecule has 0 fully saturated rings. The molecular formula is C9H8F3NO2. The lowest BCUT2D eigenvalue weighted by Crippen LogP contribution is -2.21. The van der Waals surface area contributed by atoms with Gasteiger partial charge in [0.2, 0.25) is 0 Å². The molecule has 0 spiro atoms. The molecule has 0 amide bonds. The summed E-state index contributed by atoms with van der Waals surface area (Å²) < 4.78 is 38.3. The van der Waals surface area contributed by atoms with Crippen LogP contribution in [-0.2, 0) is 24.4 Å². The lowest BCUT2D eigenvalue weighted by atomic mass is 10.1. The van der Waals surface area contributed by atoms with Crippen molar-refractivity contribution in [3.63, 3.8) is 0 Å². The standard InChI is InChI=1S/C9H8F3NO2/c1-13-5-6(2-3-14)7(4-8(13)15)9(10,11)12/h3-5H,2H2,1H3. The van der Waals surface area contributed by atoms with Gasteiger partial charge in [0, 0.05) is 25.7 Å². The molecular weight excluding hydrogens is 211 g/mol. The lowest BCUT2D eigenvalue weighted by molar-refractivity contribution is -0.138. The number of carbonyl (C=O) groups is 1. The van der Waals surface area contributed by atoms with E-state index >= 15 is 0 Å². The molecule has 0 atom stereocenters. The zero-order chi connectivity index (χ0) is 11.6. The monoisotopic (exact) mass is 219 g/mol. The lowest BCUT2D eigenvalue weighted by Gasteiger charge is -2.11. The Bertz CT molecular complexity index is 434. The fourth-order valence-corrected chi connectivity index (χ4v) is 1.20. The van der Waals surface area contributed by atoms with Crippen LogP contribution in [-0.4, -0.2) is 10.9 Å². The molecule has 1 rings (SSSR count). The Labute approximate surface area is 83.1 Å². The van der Waals surface area contributed by atoms with Gasteiger partial charge in [0.1, 0.15) is 6.29 Å².